The van der Waals surface area contributed by atoms with Gasteiger partial charge in [-0.3, -0.25) is 4.98 Å². The molecular weight excluding hydrogens is 364 g/mol. The molecule has 0 bridgehead atoms. The van der Waals surface area contributed by atoms with E-state index < -0.39 is 0 Å². The molecule has 148 valence electrons. The highest BCUT2D eigenvalue weighted by Crippen LogP contribution is 2.43. The van der Waals surface area contributed by atoms with Crippen LogP contribution in [0.2, 0.25) is 0 Å². The zero-order valence-corrected chi connectivity index (χ0v) is 17.3. The van der Waals surface area contributed by atoms with Crippen LogP contribution in [0, 0.1) is 0 Å². The number of thiocarbonyl (C=S) groups is 1. The molecule has 1 saturated heterocycles. The first kappa shape index (κ1) is 18.2. The fraction of sp³-hybridized carbons (Fsp3) is 0.565. The van der Waals surface area contributed by atoms with Gasteiger partial charge < -0.3 is 14.8 Å². The van der Waals surface area contributed by atoms with Crippen molar-refractivity contribution in [3.05, 3.63) is 54.1 Å². The van der Waals surface area contributed by atoms with Gasteiger partial charge in [0.1, 0.15) is 0 Å². The van der Waals surface area contributed by atoms with E-state index in [2.05, 4.69) is 50.4 Å². The van der Waals surface area contributed by atoms with Crippen molar-refractivity contribution in [3.8, 4) is 0 Å². The lowest BCUT2D eigenvalue weighted by molar-refractivity contribution is 0.197. The van der Waals surface area contributed by atoms with Crippen molar-refractivity contribution in [3.63, 3.8) is 0 Å². The molecule has 0 amide bonds. The highest BCUT2D eigenvalue weighted by molar-refractivity contribution is 7.80. The maximum Gasteiger partial charge on any atom is 0.170 e. The Balaban J connectivity index is 1.50. The Labute approximate surface area is 173 Å². The van der Waals surface area contributed by atoms with E-state index in [-0.39, 0.29) is 12.1 Å². The van der Waals surface area contributed by atoms with E-state index in [0.717, 1.165) is 10.8 Å². The van der Waals surface area contributed by atoms with Crippen LogP contribution in [0.5, 0.6) is 0 Å². The standard InChI is InChI=1S/C23H30N4S/c28-23-25-21(20-12-6-7-14-24-20)22(27(23)19-10-2-1-3-11-19)17-13-15-26(16-17)18-8-4-5-9-18/h6-7,12-16,18-19,21-22H,1-5,8-11H2,(H,25,28). The van der Waals surface area contributed by atoms with Crippen molar-refractivity contribution in [2.24, 2.45) is 0 Å². The summed E-state index contributed by atoms with van der Waals surface area (Å²) in [5.74, 6) is 0. The van der Waals surface area contributed by atoms with Crippen molar-refractivity contribution in [1.82, 2.24) is 19.8 Å². The second-order valence-corrected chi connectivity index (χ2v) is 9.04. The van der Waals surface area contributed by atoms with Gasteiger partial charge >= 0.3 is 0 Å². The molecule has 3 aliphatic rings. The molecule has 3 heterocycles. The van der Waals surface area contributed by atoms with Crippen LogP contribution >= 0.6 is 12.2 Å². The average molecular weight is 395 g/mol. The molecule has 0 spiro atoms. The zero-order valence-electron chi connectivity index (χ0n) is 16.5. The number of aromatic nitrogens is 2. The van der Waals surface area contributed by atoms with E-state index in [4.69, 9.17) is 12.2 Å². The van der Waals surface area contributed by atoms with Gasteiger partial charge in [0.2, 0.25) is 0 Å². The summed E-state index contributed by atoms with van der Waals surface area (Å²) in [7, 11) is 0. The topological polar surface area (TPSA) is 33.1 Å². The zero-order chi connectivity index (χ0) is 18.9. The quantitative estimate of drug-likeness (QED) is 0.713. The Morgan fingerprint density at radius 1 is 0.929 bits per heavy atom. The minimum absolute atomic E-state index is 0.120. The van der Waals surface area contributed by atoms with Gasteiger partial charge in [-0.25, -0.2) is 0 Å². The highest BCUT2D eigenvalue weighted by atomic mass is 32.1. The van der Waals surface area contributed by atoms with E-state index in [9.17, 15) is 0 Å². The lowest BCUT2D eigenvalue weighted by Gasteiger charge is -2.36. The van der Waals surface area contributed by atoms with Crippen LogP contribution < -0.4 is 5.32 Å². The molecule has 5 rings (SSSR count). The Hall–Kier alpha value is -1.88. The maximum absolute atomic E-state index is 5.87. The molecule has 4 nitrogen and oxygen atoms in total. The van der Waals surface area contributed by atoms with Crippen LogP contribution in [0.25, 0.3) is 0 Å². The normalized spacial score (nSPS) is 26.7. The third kappa shape index (κ3) is 3.34. The summed E-state index contributed by atoms with van der Waals surface area (Å²) >= 11 is 5.87. The first-order valence-electron chi connectivity index (χ1n) is 11.0. The van der Waals surface area contributed by atoms with E-state index in [1.165, 1.54) is 63.4 Å². The molecular formula is C23H30N4S. The van der Waals surface area contributed by atoms with Crippen LogP contribution in [0.1, 0.15) is 87.2 Å². The number of hydrogen-bond donors (Lipinski definition) is 1. The SMILES string of the molecule is S=C1NC(c2ccccn2)C(c2ccn(C3CCCC3)c2)N1C1CCCCC1. The van der Waals surface area contributed by atoms with Crippen molar-refractivity contribution >= 4 is 17.3 Å². The predicted octanol–water partition coefficient (Wildman–Crippen LogP) is 5.30. The van der Waals surface area contributed by atoms with E-state index >= 15 is 0 Å². The number of pyridine rings is 1. The molecule has 2 aliphatic carbocycles. The average Bonchev–Trinajstić information content (AvgIpc) is 3.48. The molecule has 2 unspecified atom stereocenters. The minimum Gasteiger partial charge on any atom is -0.352 e. The summed E-state index contributed by atoms with van der Waals surface area (Å²) in [5, 5.41) is 4.53. The monoisotopic (exact) mass is 394 g/mol. The van der Waals surface area contributed by atoms with Gasteiger partial charge in [-0.05, 0) is 61.7 Å². The number of nitrogens with one attached hydrogen (secondary N) is 1. The fourth-order valence-electron chi connectivity index (χ4n) is 5.51. The van der Waals surface area contributed by atoms with Crippen molar-refractivity contribution < 1.29 is 0 Å². The van der Waals surface area contributed by atoms with E-state index in [0.29, 0.717) is 12.1 Å². The molecule has 0 aromatic carbocycles. The molecule has 1 aliphatic heterocycles. The highest BCUT2D eigenvalue weighted by Gasteiger charge is 2.43. The van der Waals surface area contributed by atoms with Gasteiger partial charge in [0.25, 0.3) is 0 Å². The van der Waals surface area contributed by atoms with Gasteiger partial charge in [-0.1, -0.05) is 38.2 Å². The molecule has 2 atom stereocenters. The Morgan fingerprint density at radius 2 is 1.68 bits per heavy atom. The first-order chi connectivity index (χ1) is 13.8. The van der Waals surface area contributed by atoms with Crippen LogP contribution in [-0.4, -0.2) is 25.6 Å². The van der Waals surface area contributed by atoms with E-state index in [1.54, 1.807) is 0 Å². The van der Waals surface area contributed by atoms with Gasteiger partial charge in [0.15, 0.2) is 5.11 Å². The molecule has 5 heteroatoms. The summed E-state index contributed by atoms with van der Waals surface area (Å²) in [6.45, 7) is 0. The van der Waals surface area contributed by atoms with Crippen LogP contribution in [0.4, 0.5) is 0 Å². The van der Waals surface area contributed by atoms with Crippen molar-refractivity contribution in [1.29, 1.82) is 0 Å². The van der Waals surface area contributed by atoms with Gasteiger partial charge in [-0.2, -0.15) is 0 Å². The summed E-state index contributed by atoms with van der Waals surface area (Å²) in [4.78, 5) is 7.20. The fourth-order valence-corrected chi connectivity index (χ4v) is 5.90. The van der Waals surface area contributed by atoms with Crippen LogP contribution in [-0.2, 0) is 0 Å². The number of nitrogens with zero attached hydrogens (tertiary/aromatic N) is 3. The molecule has 2 saturated carbocycles. The Kier molecular flexibility index (Phi) is 5.10. The Morgan fingerprint density at radius 3 is 2.43 bits per heavy atom. The molecule has 3 fully saturated rings. The van der Waals surface area contributed by atoms with Crippen LogP contribution in [0.15, 0.2) is 42.9 Å². The summed E-state index contributed by atoms with van der Waals surface area (Å²) in [6.07, 6.45) is 18.4. The number of rotatable bonds is 4. The predicted molar refractivity (Wildman–Crippen MR) is 116 cm³/mol. The van der Waals surface area contributed by atoms with Crippen molar-refractivity contribution in [2.75, 3.05) is 0 Å². The Bertz CT molecular complexity index is 805. The summed E-state index contributed by atoms with van der Waals surface area (Å²) < 4.78 is 2.46. The second-order valence-electron chi connectivity index (χ2n) is 8.66. The van der Waals surface area contributed by atoms with Gasteiger partial charge in [-0.15, -0.1) is 0 Å². The molecule has 28 heavy (non-hydrogen) atoms. The van der Waals surface area contributed by atoms with Gasteiger partial charge in [0.05, 0.1) is 17.8 Å². The van der Waals surface area contributed by atoms with Crippen LogP contribution in [0.3, 0.4) is 0 Å². The van der Waals surface area contributed by atoms with E-state index in [1.807, 2.05) is 12.3 Å². The smallest absolute Gasteiger partial charge is 0.170 e. The molecule has 2 aromatic heterocycles. The third-order valence-corrected chi connectivity index (χ3v) is 7.26. The molecule has 0 radical (unpaired) electrons. The molecule has 1 N–H and O–H groups in total. The van der Waals surface area contributed by atoms with Crippen molar-refractivity contribution in [2.45, 2.75) is 82.0 Å². The van der Waals surface area contributed by atoms with Gasteiger partial charge in [0, 0.05) is 30.7 Å². The summed E-state index contributed by atoms with van der Waals surface area (Å²) in [5.41, 5.74) is 2.46. The largest absolute Gasteiger partial charge is 0.352 e. The number of hydrogen-bond acceptors (Lipinski definition) is 2. The minimum atomic E-state index is 0.120. The molecule has 2 aromatic rings. The summed E-state index contributed by atoms with van der Waals surface area (Å²) in [6, 6.07) is 10.1. The second kappa shape index (κ2) is 7.86. The lowest BCUT2D eigenvalue weighted by atomic mass is 9.91. The first-order valence-corrected chi connectivity index (χ1v) is 11.4. The third-order valence-electron chi connectivity index (χ3n) is 6.93. The maximum atomic E-state index is 5.87. The lowest BCUT2D eigenvalue weighted by Crippen LogP contribution is -2.40.